The Labute approximate surface area is 98.7 Å². The Morgan fingerprint density at radius 1 is 1.06 bits per heavy atom. The molecule has 0 aliphatic rings. The summed E-state index contributed by atoms with van der Waals surface area (Å²) in [5.74, 6) is 0.330. The normalized spacial score (nSPS) is 10.9. The highest BCUT2D eigenvalue weighted by Gasteiger charge is 2.03. The first-order chi connectivity index (χ1) is 8.24. The van der Waals surface area contributed by atoms with E-state index in [9.17, 15) is 5.11 Å². The Kier molecular flexibility index (Phi) is 2.11. The van der Waals surface area contributed by atoms with Crippen molar-refractivity contribution < 1.29 is 5.11 Å². The summed E-state index contributed by atoms with van der Waals surface area (Å²) in [7, 11) is 0. The Morgan fingerprint density at radius 3 is 2.65 bits per heavy atom. The molecular weight excluding hydrogens is 212 g/mol. The number of phenolic OH excluding ortho intramolecular Hbond substituents is 1. The van der Waals surface area contributed by atoms with Gasteiger partial charge in [0.1, 0.15) is 5.75 Å². The van der Waals surface area contributed by atoms with Crippen LogP contribution in [0.15, 0.2) is 42.6 Å². The Hall–Kier alpha value is -2.29. The van der Waals surface area contributed by atoms with Crippen LogP contribution in [0.2, 0.25) is 0 Å². The van der Waals surface area contributed by atoms with Crippen molar-refractivity contribution in [1.29, 1.82) is 0 Å². The molecular formula is C14H12N2O. The zero-order valence-corrected chi connectivity index (χ0v) is 9.44. The van der Waals surface area contributed by atoms with Gasteiger partial charge in [0.05, 0.1) is 11.7 Å². The predicted molar refractivity (Wildman–Crippen MR) is 67.9 cm³/mol. The van der Waals surface area contributed by atoms with Crippen molar-refractivity contribution in [3.05, 3.63) is 48.2 Å². The Morgan fingerprint density at radius 2 is 1.82 bits per heavy atom. The molecule has 1 aromatic heterocycles. The van der Waals surface area contributed by atoms with Gasteiger partial charge in [-0.05, 0) is 41.8 Å². The smallest absolute Gasteiger partial charge is 0.118 e. The van der Waals surface area contributed by atoms with E-state index in [1.165, 1.54) is 0 Å². The fraction of sp³-hybridized carbons (Fsp3) is 0.0714. The first-order valence-corrected chi connectivity index (χ1v) is 5.47. The second-order valence-electron chi connectivity index (χ2n) is 4.17. The van der Waals surface area contributed by atoms with Crippen molar-refractivity contribution in [3.63, 3.8) is 0 Å². The average molecular weight is 224 g/mol. The fourth-order valence-corrected chi connectivity index (χ4v) is 1.95. The van der Waals surface area contributed by atoms with E-state index in [4.69, 9.17) is 0 Å². The third kappa shape index (κ3) is 1.65. The van der Waals surface area contributed by atoms with Gasteiger partial charge in [-0.15, -0.1) is 0 Å². The number of hydrogen-bond acceptors (Lipinski definition) is 2. The molecule has 0 bridgehead atoms. The number of benzene rings is 2. The largest absolute Gasteiger partial charge is 0.508 e. The molecule has 3 rings (SSSR count). The minimum atomic E-state index is 0.330. The summed E-state index contributed by atoms with van der Waals surface area (Å²) < 4.78 is 0. The molecule has 1 heterocycles. The first-order valence-electron chi connectivity index (χ1n) is 5.47. The quantitative estimate of drug-likeness (QED) is 0.666. The maximum atomic E-state index is 9.51. The molecule has 0 saturated heterocycles. The van der Waals surface area contributed by atoms with E-state index in [0.717, 1.165) is 27.6 Å². The molecule has 2 N–H and O–H groups in total. The van der Waals surface area contributed by atoms with Crippen molar-refractivity contribution in [2.24, 2.45) is 0 Å². The van der Waals surface area contributed by atoms with Gasteiger partial charge < -0.3 is 5.11 Å². The highest BCUT2D eigenvalue weighted by molar-refractivity contribution is 5.83. The second-order valence-corrected chi connectivity index (χ2v) is 4.17. The molecule has 3 nitrogen and oxygen atoms in total. The third-order valence-electron chi connectivity index (χ3n) is 2.97. The zero-order valence-electron chi connectivity index (χ0n) is 9.44. The van der Waals surface area contributed by atoms with Gasteiger partial charge in [0.25, 0.3) is 0 Å². The van der Waals surface area contributed by atoms with Gasteiger partial charge in [-0.2, -0.15) is 5.10 Å². The summed E-state index contributed by atoms with van der Waals surface area (Å²) in [5, 5.41) is 17.6. The van der Waals surface area contributed by atoms with Gasteiger partial charge in [0.2, 0.25) is 0 Å². The maximum Gasteiger partial charge on any atom is 0.118 e. The monoisotopic (exact) mass is 224 g/mol. The van der Waals surface area contributed by atoms with Crippen LogP contribution in [0.4, 0.5) is 0 Å². The lowest BCUT2D eigenvalue weighted by Crippen LogP contribution is -1.81. The van der Waals surface area contributed by atoms with E-state index in [1.807, 2.05) is 25.1 Å². The second kappa shape index (κ2) is 3.63. The summed E-state index contributed by atoms with van der Waals surface area (Å²) in [6.45, 7) is 1.90. The van der Waals surface area contributed by atoms with Crippen molar-refractivity contribution >= 4 is 10.9 Å². The van der Waals surface area contributed by atoms with E-state index >= 15 is 0 Å². The number of rotatable bonds is 1. The zero-order chi connectivity index (χ0) is 11.8. The Bertz CT molecular complexity index is 686. The number of fused-ring (bicyclic) bond motifs is 1. The molecule has 0 aliphatic heterocycles. The summed E-state index contributed by atoms with van der Waals surface area (Å²) in [6, 6.07) is 11.8. The standard InChI is InChI=1S/C14H12N2O/c1-9-6-10(4-5-14(9)17)11-2-3-12-8-15-16-13(12)7-11/h2-8,17H,1H3,(H,15,16). The fourth-order valence-electron chi connectivity index (χ4n) is 1.95. The SMILES string of the molecule is Cc1cc(-c2ccc3cn[nH]c3c2)ccc1O. The number of aromatic nitrogens is 2. The molecule has 0 atom stereocenters. The van der Waals surface area contributed by atoms with Crippen LogP contribution in [0.25, 0.3) is 22.0 Å². The molecule has 0 fully saturated rings. The van der Waals surface area contributed by atoms with Crippen molar-refractivity contribution in [2.75, 3.05) is 0 Å². The lowest BCUT2D eigenvalue weighted by molar-refractivity contribution is 0.471. The lowest BCUT2D eigenvalue weighted by Gasteiger charge is -2.04. The molecule has 0 unspecified atom stereocenters. The highest BCUT2D eigenvalue weighted by atomic mass is 16.3. The summed E-state index contributed by atoms with van der Waals surface area (Å²) in [5.41, 5.74) is 4.11. The number of nitrogens with one attached hydrogen (secondary N) is 1. The van der Waals surface area contributed by atoms with Gasteiger partial charge in [0.15, 0.2) is 0 Å². The first kappa shape index (κ1) is 9.90. The van der Waals surface area contributed by atoms with Crippen LogP contribution in [0, 0.1) is 6.92 Å². The number of aromatic hydroxyl groups is 1. The number of hydrogen-bond donors (Lipinski definition) is 2. The molecule has 0 aliphatic carbocycles. The molecule has 17 heavy (non-hydrogen) atoms. The van der Waals surface area contributed by atoms with Crippen molar-refractivity contribution in [1.82, 2.24) is 10.2 Å². The maximum absolute atomic E-state index is 9.51. The van der Waals surface area contributed by atoms with Crippen LogP contribution in [0.3, 0.4) is 0 Å². The molecule has 84 valence electrons. The molecule has 3 heteroatoms. The van der Waals surface area contributed by atoms with E-state index in [-0.39, 0.29) is 0 Å². The topological polar surface area (TPSA) is 48.9 Å². The van der Waals surface area contributed by atoms with Crippen LogP contribution in [0.5, 0.6) is 5.75 Å². The summed E-state index contributed by atoms with van der Waals surface area (Å²) in [6.07, 6.45) is 1.81. The van der Waals surface area contributed by atoms with Gasteiger partial charge >= 0.3 is 0 Å². The van der Waals surface area contributed by atoms with Gasteiger partial charge in [0, 0.05) is 5.39 Å². The van der Waals surface area contributed by atoms with Gasteiger partial charge in [-0.3, -0.25) is 5.10 Å². The van der Waals surface area contributed by atoms with Gasteiger partial charge in [-0.25, -0.2) is 0 Å². The van der Waals surface area contributed by atoms with Crippen LogP contribution in [-0.2, 0) is 0 Å². The number of nitrogens with zero attached hydrogens (tertiary/aromatic N) is 1. The summed E-state index contributed by atoms with van der Waals surface area (Å²) >= 11 is 0. The van der Waals surface area contributed by atoms with E-state index in [2.05, 4.69) is 22.3 Å². The molecule has 0 amide bonds. The number of H-pyrrole nitrogens is 1. The molecule has 2 aromatic carbocycles. The van der Waals surface area contributed by atoms with Gasteiger partial charge in [-0.1, -0.05) is 18.2 Å². The van der Waals surface area contributed by atoms with E-state index in [0.29, 0.717) is 5.75 Å². The third-order valence-corrected chi connectivity index (χ3v) is 2.97. The van der Waals surface area contributed by atoms with Crippen LogP contribution >= 0.6 is 0 Å². The predicted octanol–water partition coefficient (Wildman–Crippen LogP) is 3.24. The highest BCUT2D eigenvalue weighted by Crippen LogP contribution is 2.27. The average Bonchev–Trinajstić information content (AvgIpc) is 2.79. The van der Waals surface area contributed by atoms with Crippen molar-refractivity contribution in [2.45, 2.75) is 6.92 Å². The number of phenols is 1. The van der Waals surface area contributed by atoms with Crippen molar-refractivity contribution in [3.8, 4) is 16.9 Å². The number of aryl methyl sites for hydroxylation is 1. The molecule has 0 spiro atoms. The van der Waals surface area contributed by atoms with Crippen LogP contribution in [-0.4, -0.2) is 15.3 Å². The van der Waals surface area contributed by atoms with E-state index < -0.39 is 0 Å². The molecule has 3 aromatic rings. The lowest BCUT2D eigenvalue weighted by atomic mass is 10.0. The number of aromatic amines is 1. The summed E-state index contributed by atoms with van der Waals surface area (Å²) in [4.78, 5) is 0. The Balaban J connectivity index is 2.16. The molecule has 0 radical (unpaired) electrons. The van der Waals surface area contributed by atoms with Crippen LogP contribution in [0.1, 0.15) is 5.56 Å². The minimum absolute atomic E-state index is 0.330. The van der Waals surface area contributed by atoms with Crippen LogP contribution < -0.4 is 0 Å². The molecule has 0 saturated carbocycles. The minimum Gasteiger partial charge on any atom is -0.508 e. The van der Waals surface area contributed by atoms with E-state index in [1.54, 1.807) is 12.3 Å².